The van der Waals surface area contributed by atoms with E-state index in [1.807, 2.05) is 0 Å². The average molecular weight is 465 g/mol. The lowest BCUT2D eigenvalue weighted by Crippen LogP contribution is -2.30. The number of hydrogen-bond donors (Lipinski definition) is 2. The van der Waals surface area contributed by atoms with Crippen molar-refractivity contribution in [3.63, 3.8) is 0 Å². The number of carbonyl (C=O) groups is 1. The highest BCUT2D eigenvalue weighted by Gasteiger charge is 2.31. The average Bonchev–Trinajstić information content (AvgIpc) is 2.60. The van der Waals surface area contributed by atoms with Gasteiger partial charge in [0, 0.05) is 6.04 Å². The highest BCUT2D eigenvalue weighted by atomic mass is 35.5. The van der Waals surface area contributed by atoms with Gasteiger partial charge in [0.25, 0.3) is 5.91 Å². The highest BCUT2D eigenvalue weighted by molar-refractivity contribution is 7.89. The number of rotatable bonds is 7. The molecule has 2 rings (SSSR count). The van der Waals surface area contributed by atoms with Crippen molar-refractivity contribution in [2.24, 2.45) is 0 Å². The Bertz CT molecular complexity index is 1040. The lowest BCUT2D eigenvalue weighted by atomic mass is 10.2. The summed E-state index contributed by atoms with van der Waals surface area (Å²) in [6, 6.07) is 6.41. The van der Waals surface area contributed by atoms with Crippen LogP contribution in [0.5, 0.6) is 5.75 Å². The number of ether oxygens (including phenoxy) is 1. The number of anilines is 1. The molecule has 0 spiro atoms. The van der Waals surface area contributed by atoms with Crippen molar-refractivity contribution in [1.82, 2.24) is 4.72 Å². The molecular formula is C19H20ClF3N2O4S. The first-order valence-electron chi connectivity index (χ1n) is 8.72. The number of nitrogens with one attached hydrogen (secondary N) is 2. The summed E-state index contributed by atoms with van der Waals surface area (Å²) < 4.78 is 70.6. The van der Waals surface area contributed by atoms with Gasteiger partial charge in [-0.05, 0) is 62.7 Å². The monoisotopic (exact) mass is 464 g/mol. The van der Waals surface area contributed by atoms with Gasteiger partial charge in [0.15, 0.2) is 6.61 Å². The molecule has 30 heavy (non-hydrogen) atoms. The van der Waals surface area contributed by atoms with E-state index in [0.717, 1.165) is 18.2 Å². The van der Waals surface area contributed by atoms with Crippen LogP contribution in [0.3, 0.4) is 0 Å². The highest BCUT2D eigenvalue weighted by Crippen LogP contribution is 2.33. The van der Waals surface area contributed by atoms with Crippen molar-refractivity contribution in [3.05, 3.63) is 52.5 Å². The molecule has 2 N–H and O–H groups in total. The Labute approximate surface area is 177 Å². The molecule has 0 atom stereocenters. The fourth-order valence-electron chi connectivity index (χ4n) is 2.46. The first kappa shape index (κ1) is 24.0. The minimum Gasteiger partial charge on any atom is -0.483 e. The maximum absolute atomic E-state index is 12.8. The van der Waals surface area contributed by atoms with Crippen molar-refractivity contribution in [3.8, 4) is 5.75 Å². The van der Waals surface area contributed by atoms with Gasteiger partial charge in [0.1, 0.15) is 5.75 Å². The minimum absolute atomic E-state index is 0.0428. The molecule has 0 radical (unpaired) electrons. The van der Waals surface area contributed by atoms with E-state index in [1.165, 1.54) is 18.2 Å². The maximum atomic E-state index is 12.8. The van der Waals surface area contributed by atoms with E-state index in [0.29, 0.717) is 5.56 Å². The van der Waals surface area contributed by atoms with Crippen LogP contribution in [0.1, 0.15) is 25.0 Å². The second kappa shape index (κ2) is 9.23. The van der Waals surface area contributed by atoms with Gasteiger partial charge < -0.3 is 10.1 Å². The quantitative estimate of drug-likeness (QED) is 0.637. The molecule has 0 aliphatic heterocycles. The van der Waals surface area contributed by atoms with Crippen LogP contribution in [-0.4, -0.2) is 27.0 Å². The zero-order chi connectivity index (χ0) is 22.7. The van der Waals surface area contributed by atoms with Gasteiger partial charge in [-0.1, -0.05) is 11.6 Å². The van der Waals surface area contributed by atoms with Crippen LogP contribution >= 0.6 is 11.6 Å². The first-order chi connectivity index (χ1) is 13.8. The smallest absolute Gasteiger partial charge is 0.416 e. The van der Waals surface area contributed by atoms with E-state index in [-0.39, 0.29) is 27.4 Å². The second-order valence-electron chi connectivity index (χ2n) is 6.73. The Balaban J connectivity index is 2.07. The predicted octanol–water partition coefficient (Wildman–Crippen LogP) is 4.37. The lowest BCUT2D eigenvalue weighted by Gasteiger charge is -2.14. The molecule has 0 fully saturated rings. The van der Waals surface area contributed by atoms with Gasteiger partial charge >= 0.3 is 6.18 Å². The van der Waals surface area contributed by atoms with E-state index in [2.05, 4.69) is 10.0 Å². The number of carbonyl (C=O) groups excluding carboxylic acids is 1. The Kier molecular flexibility index (Phi) is 7.38. The topological polar surface area (TPSA) is 84.5 Å². The molecule has 164 valence electrons. The molecule has 0 heterocycles. The van der Waals surface area contributed by atoms with E-state index >= 15 is 0 Å². The molecule has 0 bridgehead atoms. The molecular weight excluding hydrogens is 445 g/mol. The Morgan fingerprint density at radius 2 is 1.83 bits per heavy atom. The number of halogens is 4. The molecule has 0 unspecified atom stereocenters. The molecule has 11 heteroatoms. The van der Waals surface area contributed by atoms with Crippen LogP contribution in [0.4, 0.5) is 18.9 Å². The standard InChI is InChI=1S/C19H20ClF3N2O4S/c1-11(2)25-30(27,28)14-5-7-17(12(3)8-14)29-10-18(26)24-16-9-13(19(21,22)23)4-6-15(16)20/h4-9,11,25H,10H2,1-3H3,(H,24,26). The van der Waals surface area contributed by atoms with Crippen molar-refractivity contribution in [2.75, 3.05) is 11.9 Å². The fraction of sp³-hybridized carbons (Fsp3) is 0.316. The fourth-order valence-corrected chi connectivity index (χ4v) is 3.96. The van der Waals surface area contributed by atoms with Gasteiger partial charge in [-0.25, -0.2) is 13.1 Å². The van der Waals surface area contributed by atoms with Gasteiger partial charge in [0.05, 0.1) is 21.2 Å². The molecule has 0 saturated heterocycles. The van der Waals surface area contributed by atoms with Crippen LogP contribution < -0.4 is 14.8 Å². The number of benzene rings is 2. The Morgan fingerprint density at radius 3 is 2.40 bits per heavy atom. The maximum Gasteiger partial charge on any atom is 0.416 e. The summed E-state index contributed by atoms with van der Waals surface area (Å²) in [4.78, 5) is 12.1. The van der Waals surface area contributed by atoms with Crippen LogP contribution in [0, 0.1) is 6.92 Å². The molecule has 0 aliphatic carbocycles. The van der Waals surface area contributed by atoms with Gasteiger partial charge in [-0.2, -0.15) is 13.2 Å². The third kappa shape index (κ3) is 6.35. The van der Waals surface area contributed by atoms with Crippen LogP contribution in [0.25, 0.3) is 0 Å². The summed E-state index contributed by atoms with van der Waals surface area (Å²) in [6.45, 7) is 4.48. The molecule has 0 aromatic heterocycles. The van der Waals surface area contributed by atoms with E-state index < -0.39 is 34.3 Å². The lowest BCUT2D eigenvalue weighted by molar-refractivity contribution is -0.137. The molecule has 0 saturated carbocycles. The van der Waals surface area contributed by atoms with Crippen LogP contribution in [0.15, 0.2) is 41.3 Å². The van der Waals surface area contributed by atoms with Crippen molar-refractivity contribution in [2.45, 2.75) is 37.9 Å². The van der Waals surface area contributed by atoms with Crippen molar-refractivity contribution >= 4 is 33.2 Å². The van der Waals surface area contributed by atoms with Crippen molar-refractivity contribution < 1.29 is 31.1 Å². The molecule has 0 aliphatic rings. The number of hydrogen-bond acceptors (Lipinski definition) is 4. The SMILES string of the molecule is Cc1cc(S(=O)(=O)NC(C)C)ccc1OCC(=O)Nc1cc(C(F)(F)F)ccc1Cl. The summed E-state index contributed by atoms with van der Waals surface area (Å²) in [5.74, 6) is -0.474. The Morgan fingerprint density at radius 1 is 1.17 bits per heavy atom. The van der Waals surface area contributed by atoms with Gasteiger partial charge in [-0.3, -0.25) is 4.79 Å². The third-order valence-electron chi connectivity index (χ3n) is 3.77. The van der Waals surface area contributed by atoms with E-state index in [4.69, 9.17) is 16.3 Å². The van der Waals surface area contributed by atoms with Gasteiger partial charge in [-0.15, -0.1) is 0 Å². The largest absolute Gasteiger partial charge is 0.483 e. The summed E-state index contributed by atoms with van der Waals surface area (Å²) in [7, 11) is -3.68. The van der Waals surface area contributed by atoms with Crippen LogP contribution in [-0.2, 0) is 21.0 Å². The van der Waals surface area contributed by atoms with Crippen molar-refractivity contribution in [1.29, 1.82) is 0 Å². The zero-order valence-corrected chi connectivity index (χ0v) is 17.9. The Hall–Kier alpha value is -2.30. The van der Waals surface area contributed by atoms with E-state index in [9.17, 15) is 26.4 Å². The van der Waals surface area contributed by atoms with E-state index in [1.54, 1.807) is 20.8 Å². The minimum atomic E-state index is -4.58. The number of sulfonamides is 1. The normalized spacial score (nSPS) is 12.1. The summed E-state index contributed by atoms with van der Waals surface area (Å²) in [6.07, 6.45) is -4.58. The van der Waals surface area contributed by atoms with Crippen LogP contribution in [0.2, 0.25) is 5.02 Å². The number of aryl methyl sites for hydroxylation is 1. The number of amides is 1. The predicted molar refractivity (Wildman–Crippen MR) is 107 cm³/mol. The summed E-state index contributed by atoms with van der Waals surface area (Å²) in [5.41, 5.74) is -0.685. The molecule has 2 aromatic rings. The molecule has 1 amide bonds. The second-order valence-corrected chi connectivity index (χ2v) is 8.85. The summed E-state index contributed by atoms with van der Waals surface area (Å²) in [5, 5.41) is 2.21. The number of alkyl halides is 3. The third-order valence-corrected chi connectivity index (χ3v) is 5.76. The first-order valence-corrected chi connectivity index (χ1v) is 10.6. The zero-order valence-electron chi connectivity index (χ0n) is 16.3. The van der Waals surface area contributed by atoms with Gasteiger partial charge in [0.2, 0.25) is 10.0 Å². The summed E-state index contributed by atoms with van der Waals surface area (Å²) >= 11 is 5.84. The molecule has 2 aromatic carbocycles. The molecule has 6 nitrogen and oxygen atoms in total.